The summed E-state index contributed by atoms with van der Waals surface area (Å²) in [6.45, 7) is 5.55. The molecule has 0 radical (unpaired) electrons. The standard InChI is InChI=1S/C25H19BrClN3O4S/c1-12-8-16(26)4-7-21(12)30-23(32)19(22(31)28-25(30)35)10-15-9-13(2)29(14(15)3)17-5-6-18(24(33)34)20(27)11-17/h4-11H,1-3H3,(H,33,34)(H,28,31,35). The van der Waals surface area contributed by atoms with Crippen LogP contribution in [0.3, 0.4) is 0 Å². The minimum absolute atomic E-state index is 0.00369. The fourth-order valence-corrected chi connectivity index (χ4v) is 5.05. The molecule has 178 valence electrons. The number of carboxylic acid groups (broad SMARTS) is 1. The molecule has 0 bridgehead atoms. The summed E-state index contributed by atoms with van der Waals surface area (Å²) in [4.78, 5) is 38.8. The van der Waals surface area contributed by atoms with Crippen LogP contribution in [0.5, 0.6) is 0 Å². The number of hydrogen-bond acceptors (Lipinski definition) is 4. The van der Waals surface area contributed by atoms with Gasteiger partial charge in [-0.25, -0.2) is 4.79 Å². The van der Waals surface area contributed by atoms with E-state index in [0.717, 1.165) is 21.4 Å². The minimum Gasteiger partial charge on any atom is -0.478 e. The Morgan fingerprint density at radius 3 is 2.46 bits per heavy atom. The number of aromatic carboxylic acids is 1. The summed E-state index contributed by atoms with van der Waals surface area (Å²) in [5, 5.41) is 12.0. The number of aromatic nitrogens is 1. The van der Waals surface area contributed by atoms with Gasteiger partial charge in [0, 0.05) is 21.5 Å². The molecule has 0 atom stereocenters. The molecule has 4 rings (SSSR count). The second-order valence-electron chi connectivity index (χ2n) is 8.02. The number of nitrogens with one attached hydrogen (secondary N) is 1. The zero-order chi connectivity index (χ0) is 25.6. The average molecular weight is 573 g/mol. The molecule has 2 amide bonds. The first-order valence-electron chi connectivity index (χ1n) is 10.4. The Hall–Kier alpha value is -3.27. The number of rotatable bonds is 4. The van der Waals surface area contributed by atoms with Crippen LogP contribution >= 0.6 is 39.7 Å². The summed E-state index contributed by atoms with van der Waals surface area (Å²) in [6.07, 6.45) is 1.53. The minimum atomic E-state index is -1.11. The lowest BCUT2D eigenvalue weighted by molar-refractivity contribution is -0.122. The third-order valence-corrected chi connectivity index (χ3v) is 6.80. The van der Waals surface area contributed by atoms with E-state index in [1.807, 2.05) is 37.5 Å². The van der Waals surface area contributed by atoms with Crippen molar-refractivity contribution < 1.29 is 19.5 Å². The molecular formula is C25H19BrClN3O4S. The van der Waals surface area contributed by atoms with Crippen LogP contribution < -0.4 is 10.2 Å². The Morgan fingerprint density at radius 1 is 1.11 bits per heavy atom. The van der Waals surface area contributed by atoms with E-state index in [9.17, 15) is 19.5 Å². The largest absolute Gasteiger partial charge is 0.478 e. The Labute approximate surface area is 220 Å². The summed E-state index contributed by atoms with van der Waals surface area (Å²) in [6, 6.07) is 11.9. The SMILES string of the molecule is Cc1cc(Br)ccc1N1C(=O)C(=Cc2cc(C)n(-c3ccc(C(=O)O)c(Cl)c3)c2C)C(=O)NC1=S. The van der Waals surface area contributed by atoms with Crippen LogP contribution in [-0.2, 0) is 9.59 Å². The predicted octanol–water partition coefficient (Wildman–Crippen LogP) is 5.35. The molecule has 0 spiro atoms. The lowest BCUT2D eigenvalue weighted by Crippen LogP contribution is -2.54. The van der Waals surface area contributed by atoms with Gasteiger partial charge in [0.15, 0.2) is 5.11 Å². The third kappa shape index (κ3) is 4.54. The van der Waals surface area contributed by atoms with Crippen molar-refractivity contribution in [3.8, 4) is 5.69 Å². The molecular weight excluding hydrogens is 554 g/mol. The number of thiocarbonyl (C=S) groups is 1. The number of carbonyl (C=O) groups excluding carboxylic acids is 2. The van der Waals surface area contributed by atoms with Gasteiger partial charge in [-0.05, 0) is 92.7 Å². The summed E-state index contributed by atoms with van der Waals surface area (Å²) in [5.74, 6) is -2.22. The molecule has 7 nitrogen and oxygen atoms in total. The van der Waals surface area contributed by atoms with Gasteiger partial charge in [-0.1, -0.05) is 27.5 Å². The second-order valence-corrected chi connectivity index (χ2v) is 9.73. The molecule has 3 aromatic rings. The highest BCUT2D eigenvalue weighted by Crippen LogP contribution is 2.30. The molecule has 2 N–H and O–H groups in total. The first-order valence-corrected chi connectivity index (χ1v) is 12.0. The molecule has 35 heavy (non-hydrogen) atoms. The van der Waals surface area contributed by atoms with Crippen molar-refractivity contribution in [1.82, 2.24) is 9.88 Å². The lowest BCUT2D eigenvalue weighted by atomic mass is 10.1. The van der Waals surface area contributed by atoms with Gasteiger partial charge in [0.2, 0.25) is 0 Å². The maximum absolute atomic E-state index is 13.4. The number of benzene rings is 2. The van der Waals surface area contributed by atoms with Gasteiger partial charge < -0.3 is 9.67 Å². The van der Waals surface area contributed by atoms with Crippen molar-refractivity contribution in [2.24, 2.45) is 0 Å². The average Bonchev–Trinajstić information content (AvgIpc) is 3.05. The van der Waals surface area contributed by atoms with Crippen LogP contribution in [0.15, 0.2) is 52.5 Å². The van der Waals surface area contributed by atoms with Gasteiger partial charge >= 0.3 is 5.97 Å². The van der Waals surface area contributed by atoms with Gasteiger partial charge in [-0.15, -0.1) is 0 Å². The third-order valence-electron chi connectivity index (χ3n) is 5.71. The van der Waals surface area contributed by atoms with E-state index < -0.39 is 17.8 Å². The Bertz CT molecular complexity index is 1480. The molecule has 0 saturated carbocycles. The number of hydrogen-bond donors (Lipinski definition) is 2. The van der Waals surface area contributed by atoms with E-state index in [4.69, 9.17) is 23.8 Å². The summed E-state index contributed by atoms with van der Waals surface area (Å²) >= 11 is 14.9. The molecule has 1 fully saturated rings. The van der Waals surface area contributed by atoms with Gasteiger partial charge in [-0.2, -0.15) is 0 Å². The predicted molar refractivity (Wildman–Crippen MR) is 142 cm³/mol. The highest BCUT2D eigenvalue weighted by atomic mass is 79.9. The van der Waals surface area contributed by atoms with Crippen LogP contribution in [0.25, 0.3) is 11.8 Å². The number of amides is 2. The Kier molecular flexibility index (Phi) is 6.68. The maximum Gasteiger partial charge on any atom is 0.337 e. The summed E-state index contributed by atoms with van der Waals surface area (Å²) in [7, 11) is 0. The van der Waals surface area contributed by atoms with Gasteiger partial charge in [0.25, 0.3) is 11.8 Å². The molecule has 1 aromatic heterocycles. The summed E-state index contributed by atoms with van der Waals surface area (Å²) in [5.41, 5.74) is 4.21. The number of nitrogens with zero attached hydrogens (tertiary/aromatic N) is 2. The first kappa shape index (κ1) is 24.8. The zero-order valence-corrected chi connectivity index (χ0v) is 22.0. The van der Waals surface area contributed by atoms with Crippen LogP contribution in [0.2, 0.25) is 5.02 Å². The molecule has 1 aliphatic rings. The van der Waals surface area contributed by atoms with Crippen LogP contribution in [0.1, 0.15) is 32.9 Å². The molecule has 0 aliphatic carbocycles. The molecule has 1 saturated heterocycles. The Balaban J connectivity index is 1.77. The van der Waals surface area contributed by atoms with E-state index >= 15 is 0 Å². The van der Waals surface area contributed by atoms with Gasteiger partial charge in [0.05, 0.1) is 16.3 Å². The van der Waals surface area contributed by atoms with E-state index in [-0.39, 0.29) is 21.3 Å². The Morgan fingerprint density at radius 2 is 1.83 bits per heavy atom. The summed E-state index contributed by atoms with van der Waals surface area (Å²) < 4.78 is 2.73. The van der Waals surface area contributed by atoms with Crippen molar-refractivity contribution in [3.63, 3.8) is 0 Å². The van der Waals surface area contributed by atoms with Crippen LogP contribution in [0, 0.1) is 20.8 Å². The van der Waals surface area contributed by atoms with Crippen molar-refractivity contribution in [1.29, 1.82) is 0 Å². The second kappa shape index (κ2) is 9.41. The fourth-order valence-electron chi connectivity index (χ4n) is 4.05. The smallest absolute Gasteiger partial charge is 0.337 e. The quantitative estimate of drug-likeness (QED) is 0.250. The van der Waals surface area contributed by atoms with E-state index in [0.29, 0.717) is 16.9 Å². The normalized spacial score (nSPS) is 15.1. The van der Waals surface area contributed by atoms with E-state index in [1.165, 1.54) is 17.0 Å². The van der Waals surface area contributed by atoms with Crippen molar-refractivity contribution in [2.75, 3.05) is 4.90 Å². The monoisotopic (exact) mass is 571 g/mol. The highest BCUT2D eigenvalue weighted by molar-refractivity contribution is 9.10. The fraction of sp³-hybridized carbons (Fsp3) is 0.120. The molecule has 2 aromatic carbocycles. The number of carboxylic acids is 1. The lowest BCUT2D eigenvalue weighted by Gasteiger charge is -2.30. The molecule has 2 heterocycles. The topological polar surface area (TPSA) is 91.6 Å². The van der Waals surface area contributed by atoms with Crippen molar-refractivity contribution >= 4 is 74.4 Å². The van der Waals surface area contributed by atoms with E-state index in [2.05, 4.69) is 21.2 Å². The van der Waals surface area contributed by atoms with E-state index in [1.54, 1.807) is 24.3 Å². The zero-order valence-electron chi connectivity index (χ0n) is 18.8. The molecule has 10 heteroatoms. The van der Waals surface area contributed by atoms with Crippen molar-refractivity contribution in [2.45, 2.75) is 20.8 Å². The molecule has 0 unspecified atom stereocenters. The van der Waals surface area contributed by atoms with Crippen LogP contribution in [0.4, 0.5) is 5.69 Å². The number of aryl methyl sites for hydroxylation is 2. The number of carbonyl (C=O) groups is 3. The number of halogens is 2. The van der Waals surface area contributed by atoms with Crippen LogP contribution in [-0.4, -0.2) is 32.6 Å². The van der Waals surface area contributed by atoms with Crippen molar-refractivity contribution in [3.05, 3.63) is 85.6 Å². The number of anilines is 1. The maximum atomic E-state index is 13.4. The highest BCUT2D eigenvalue weighted by Gasteiger charge is 2.35. The molecule has 1 aliphatic heterocycles. The van der Waals surface area contributed by atoms with Gasteiger partial charge in [-0.3, -0.25) is 19.8 Å². The van der Waals surface area contributed by atoms with Gasteiger partial charge in [0.1, 0.15) is 5.57 Å². The first-order chi connectivity index (χ1) is 16.5.